The quantitative estimate of drug-likeness (QED) is 0.684. The maximum Gasteiger partial charge on any atom is 0.421 e. The molecule has 126 valence electrons. The Labute approximate surface area is 148 Å². The predicted molar refractivity (Wildman–Crippen MR) is 95.0 cm³/mol. The molecule has 24 heavy (non-hydrogen) atoms. The average Bonchev–Trinajstić information content (AvgIpc) is 2.82. The van der Waals surface area contributed by atoms with Gasteiger partial charge in [0.05, 0.1) is 19.3 Å². The van der Waals surface area contributed by atoms with E-state index in [0.717, 1.165) is 11.3 Å². The van der Waals surface area contributed by atoms with Crippen LogP contribution in [-0.4, -0.2) is 23.6 Å². The van der Waals surface area contributed by atoms with Crippen LogP contribution >= 0.6 is 23.2 Å². The van der Waals surface area contributed by atoms with Gasteiger partial charge in [-0.2, -0.15) is 0 Å². The van der Waals surface area contributed by atoms with Crippen LogP contribution in [0.2, 0.25) is 10.0 Å². The molecule has 0 atom stereocenters. The Kier molecular flexibility index (Phi) is 4.85. The fourth-order valence-electron chi connectivity index (χ4n) is 2.63. The molecule has 0 N–H and O–H groups in total. The highest BCUT2D eigenvalue weighted by Gasteiger charge is 2.13. The van der Waals surface area contributed by atoms with Gasteiger partial charge < -0.3 is 9.15 Å². The molecule has 5 nitrogen and oxygen atoms in total. The van der Waals surface area contributed by atoms with Gasteiger partial charge in [0, 0.05) is 28.2 Å². The number of ether oxygens (including phenoxy) is 1. The molecule has 2 aromatic carbocycles. The molecule has 0 radical (unpaired) electrons. The van der Waals surface area contributed by atoms with Crippen LogP contribution in [0.15, 0.2) is 45.6 Å². The lowest BCUT2D eigenvalue weighted by Gasteiger charge is -2.18. The zero-order valence-corrected chi connectivity index (χ0v) is 14.8. The van der Waals surface area contributed by atoms with E-state index in [9.17, 15) is 4.79 Å². The van der Waals surface area contributed by atoms with Crippen molar-refractivity contribution in [3.05, 3.63) is 62.6 Å². The fraction of sp³-hybridized carbons (Fsp3) is 0.235. The normalized spacial score (nSPS) is 11.4. The first-order valence-electron chi connectivity index (χ1n) is 7.28. The molecule has 0 bridgehead atoms. The van der Waals surface area contributed by atoms with Crippen LogP contribution in [-0.2, 0) is 13.2 Å². The summed E-state index contributed by atoms with van der Waals surface area (Å²) in [5.74, 6) is 0.333. The zero-order chi connectivity index (χ0) is 17.3. The average molecular weight is 367 g/mol. The molecule has 0 saturated heterocycles. The van der Waals surface area contributed by atoms with Crippen molar-refractivity contribution in [2.45, 2.75) is 13.2 Å². The zero-order valence-electron chi connectivity index (χ0n) is 13.3. The summed E-state index contributed by atoms with van der Waals surface area (Å²) in [5, 5.41) is 1.17. The van der Waals surface area contributed by atoms with Crippen LogP contribution in [0.4, 0.5) is 0 Å². The van der Waals surface area contributed by atoms with E-state index in [0.29, 0.717) is 34.4 Å². The molecule has 0 saturated carbocycles. The van der Waals surface area contributed by atoms with Gasteiger partial charge in [0.25, 0.3) is 0 Å². The number of benzene rings is 2. The summed E-state index contributed by atoms with van der Waals surface area (Å²) in [6, 6.07) is 10.6. The van der Waals surface area contributed by atoms with E-state index in [1.807, 2.05) is 24.1 Å². The molecule has 1 aromatic heterocycles. The van der Waals surface area contributed by atoms with Crippen LogP contribution in [0, 0.1) is 0 Å². The number of oxazole rings is 1. The monoisotopic (exact) mass is 366 g/mol. The minimum Gasteiger partial charge on any atom is -0.496 e. The summed E-state index contributed by atoms with van der Waals surface area (Å²) in [4.78, 5) is 14.1. The van der Waals surface area contributed by atoms with E-state index in [1.165, 1.54) is 0 Å². The van der Waals surface area contributed by atoms with Crippen LogP contribution < -0.4 is 10.5 Å². The first kappa shape index (κ1) is 16.9. The van der Waals surface area contributed by atoms with Crippen molar-refractivity contribution in [3.63, 3.8) is 0 Å². The molecule has 0 unspecified atom stereocenters. The second-order valence-corrected chi connectivity index (χ2v) is 6.39. The third kappa shape index (κ3) is 3.43. The van der Waals surface area contributed by atoms with Crippen molar-refractivity contribution in [2.24, 2.45) is 0 Å². The molecule has 0 amide bonds. The number of methoxy groups -OCH3 is 1. The Hall–Kier alpha value is -1.95. The third-order valence-electron chi connectivity index (χ3n) is 3.70. The van der Waals surface area contributed by atoms with Crippen LogP contribution in [0.1, 0.15) is 5.56 Å². The second-order valence-electron chi connectivity index (χ2n) is 5.52. The standard InChI is InChI=1S/C17H16Cl2N2O3/c1-20(9-11-7-12(18)4-6-15(11)23-2)10-21-14-5-3-13(19)8-16(14)24-17(21)22/h3-8H,9-10H2,1-2H3. The lowest BCUT2D eigenvalue weighted by Crippen LogP contribution is -2.27. The molecule has 0 aliphatic heterocycles. The second kappa shape index (κ2) is 6.89. The topological polar surface area (TPSA) is 47.6 Å². The van der Waals surface area contributed by atoms with Gasteiger partial charge in [0.15, 0.2) is 5.58 Å². The Morgan fingerprint density at radius 2 is 1.88 bits per heavy atom. The minimum atomic E-state index is -0.419. The first-order chi connectivity index (χ1) is 11.5. The van der Waals surface area contributed by atoms with E-state index < -0.39 is 5.76 Å². The largest absolute Gasteiger partial charge is 0.496 e. The van der Waals surface area contributed by atoms with E-state index >= 15 is 0 Å². The number of fused-ring (bicyclic) bond motifs is 1. The lowest BCUT2D eigenvalue weighted by molar-refractivity contribution is 0.250. The number of hydrogen-bond donors (Lipinski definition) is 0. The summed E-state index contributed by atoms with van der Waals surface area (Å²) in [6.07, 6.45) is 0. The SMILES string of the molecule is COc1ccc(Cl)cc1CN(C)Cn1c(=O)oc2cc(Cl)ccc21. The first-order valence-corrected chi connectivity index (χ1v) is 8.03. The van der Waals surface area contributed by atoms with E-state index in [-0.39, 0.29) is 0 Å². The van der Waals surface area contributed by atoms with Crippen LogP contribution in [0.25, 0.3) is 11.1 Å². The third-order valence-corrected chi connectivity index (χ3v) is 4.17. The van der Waals surface area contributed by atoms with Gasteiger partial charge in [-0.1, -0.05) is 23.2 Å². The van der Waals surface area contributed by atoms with Gasteiger partial charge >= 0.3 is 5.76 Å². The highest BCUT2D eigenvalue weighted by Crippen LogP contribution is 2.24. The van der Waals surface area contributed by atoms with Crippen molar-refractivity contribution in [1.82, 2.24) is 9.47 Å². The minimum absolute atomic E-state index is 0.364. The van der Waals surface area contributed by atoms with Crippen LogP contribution in [0.5, 0.6) is 5.75 Å². The highest BCUT2D eigenvalue weighted by molar-refractivity contribution is 6.31. The van der Waals surface area contributed by atoms with Crippen molar-refractivity contribution < 1.29 is 9.15 Å². The highest BCUT2D eigenvalue weighted by atomic mass is 35.5. The molecule has 0 aliphatic rings. The Morgan fingerprint density at radius 1 is 1.17 bits per heavy atom. The Balaban J connectivity index is 1.86. The summed E-state index contributed by atoms with van der Waals surface area (Å²) >= 11 is 12.0. The van der Waals surface area contributed by atoms with Gasteiger partial charge in [-0.25, -0.2) is 4.79 Å². The summed E-state index contributed by atoms with van der Waals surface area (Å²) in [6.45, 7) is 0.930. The number of hydrogen-bond acceptors (Lipinski definition) is 4. The predicted octanol–water partition coefficient (Wildman–Crippen LogP) is 4.00. The number of aromatic nitrogens is 1. The van der Waals surface area contributed by atoms with E-state index in [2.05, 4.69) is 0 Å². The maximum atomic E-state index is 12.1. The van der Waals surface area contributed by atoms with E-state index in [4.69, 9.17) is 32.4 Å². The van der Waals surface area contributed by atoms with Crippen molar-refractivity contribution in [3.8, 4) is 5.75 Å². The summed E-state index contributed by atoms with van der Waals surface area (Å²) in [7, 11) is 3.52. The van der Waals surface area contributed by atoms with Gasteiger partial charge in [-0.05, 0) is 37.4 Å². The fourth-order valence-corrected chi connectivity index (χ4v) is 2.98. The molecule has 7 heteroatoms. The van der Waals surface area contributed by atoms with Gasteiger partial charge in [0.2, 0.25) is 0 Å². The molecular weight excluding hydrogens is 351 g/mol. The summed E-state index contributed by atoms with van der Waals surface area (Å²) < 4.78 is 12.2. The molecular formula is C17H16Cl2N2O3. The maximum absolute atomic E-state index is 12.1. The Morgan fingerprint density at radius 3 is 2.62 bits per heavy atom. The molecule has 0 spiro atoms. The number of halogens is 2. The van der Waals surface area contributed by atoms with Crippen molar-refractivity contribution in [1.29, 1.82) is 0 Å². The number of rotatable bonds is 5. The Bertz CT molecular complexity index is 933. The van der Waals surface area contributed by atoms with Crippen molar-refractivity contribution >= 4 is 34.3 Å². The molecule has 3 aromatic rings. The molecule has 1 heterocycles. The van der Waals surface area contributed by atoms with Gasteiger partial charge in [-0.15, -0.1) is 0 Å². The van der Waals surface area contributed by atoms with Gasteiger partial charge in [-0.3, -0.25) is 9.47 Å². The molecule has 0 fully saturated rings. The molecule has 0 aliphatic carbocycles. The smallest absolute Gasteiger partial charge is 0.421 e. The molecule has 3 rings (SSSR count). The van der Waals surface area contributed by atoms with E-state index in [1.54, 1.807) is 35.9 Å². The lowest BCUT2D eigenvalue weighted by atomic mass is 10.2. The van der Waals surface area contributed by atoms with Crippen molar-refractivity contribution in [2.75, 3.05) is 14.2 Å². The number of nitrogens with zero attached hydrogens (tertiary/aromatic N) is 2. The van der Waals surface area contributed by atoms with Gasteiger partial charge in [0.1, 0.15) is 5.75 Å². The van der Waals surface area contributed by atoms with Crippen LogP contribution in [0.3, 0.4) is 0 Å². The summed E-state index contributed by atoms with van der Waals surface area (Å²) in [5.41, 5.74) is 2.12.